The lowest BCUT2D eigenvalue weighted by atomic mass is 10.0. The molecule has 0 fully saturated rings. The summed E-state index contributed by atoms with van der Waals surface area (Å²) in [5.74, 6) is 1.48. The summed E-state index contributed by atoms with van der Waals surface area (Å²) in [7, 11) is 3.35. The zero-order valence-electron chi connectivity index (χ0n) is 15.0. The number of hydrogen-bond donors (Lipinski definition) is 1. The van der Waals surface area contributed by atoms with E-state index in [9.17, 15) is 0 Å². The number of nitrogens with zero attached hydrogens (tertiary/aromatic N) is 1. The molecular formula is C22H19N2O2+. The number of rotatable bonds is 2. The fraction of sp³-hybridized carbons (Fsp3) is 0.136. The number of hydrogen-bond acceptors (Lipinski definition) is 2. The second-order valence-electron chi connectivity index (χ2n) is 6.60. The zero-order valence-corrected chi connectivity index (χ0v) is 15.0. The molecule has 1 N–H and O–H groups in total. The predicted molar refractivity (Wildman–Crippen MR) is 104 cm³/mol. The van der Waals surface area contributed by atoms with Gasteiger partial charge in [0.2, 0.25) is 5.52 Å². The summed E-state index contributed by atoms with van der Waals surface area (Å²) in [6, 6.07) is 14.7. The Morgan fingerprint density at radius 2 is 1.58 bits per heavy atom. The molecule has 0 bridgehead atoms. The molecule has 0 aliphatic rings. The number of pyridine rings is 2. The fourth-order valence-electron chi connectivity index (χ4n) is 3.94. The van der Waals surface area contributed by atoms with Crippen LogP contribution in [0.25, 0.3) is 38.1 Å². The van der Waals surface area contributed by atoms with Crippen LogP contribution in [0.4, 0.5) is 0 Å². The first-order chi connectivity index (χ1) is 12.7. The average Bonchev–Trinajstić information content (AvgIpc) is 3.05. The molecule has 2 aromatic carbocycles. The van der Waals surface area contributed by atoms with Gasteiger partial charge in [0, 0.05) is 33.3 Å². The SMILES string of the molecule is COc1cc2c(C)c[n+]3ccc4c5ccccc5[nH]c4c3c2cc1OC. The standard InChI is InChI=1S/C22H18N2O2/c1-13-12-24-9-8-15-14-6-4-5-7-18(14)23-21(15)22(24)17-11-20(26-3)19(25-2)10-16(13)17/h4-12H,1-3H3/p+1. The molecule has 3 heterocycles. The van der Waals surface area contributed by atoms with Gasteiger partial charge in [-0.05, 0) is 25.1 Å². The number of nitrogens with one attached hydrogen (secondary N) is 1. The van der Waals surface area contributed by atoms with Crippen LogP contribution in [0.15, 0.2) is 54.9 Å². The van der Waals surface area contributed by atoms with E-state index in [0.717, 1.165) is 38.8 Å². The Morgan fingerprint density at radius 3 is 2.35 bits per heavy atom. The second kappa shape index (κ2) is 5.36. The predicted octanol–water partition coefficient (Wildman–Crippen LogP) is 4.54. The quantitative estimate of drug-likeness (QED) is 0.377. The van der Waals surface area contributed by atoms with Gasteiger partial charge in [0.1, 0.15) is 5.52 Å². The van der Waals surface area contributed by atoms with E-state index < -0.39 is 0 Å². The summed E-state index contributed by atoms with van der Waals surface area (Å²) in [5, 5.41) is 4.76. The van der Waals surface area contributed by atoms with E-state index in [1.165, 1.54) is 16.3 Å². The van der Waals surface area contributed by atoms with Crippen molar-refractivity contribution in [1.82, 2.24) is 4.98 Å². The van der Waals surface area contributed by atoms with E-state index in [1.807, 2.05) is 0 Å². The smallest absolute Gasteiger partial charge is 0.242 e. The fourth-order valence-corrected chi connectivity index (χ4v) is 3.94. The molecule has 0 spiro atoms. The van der Waals surface area contributed by atoms with Crippen molar-refractivity contribution in [3.8, 4) is 11.5 Å². The lowest BCUT2D eigenvalue weighted by Crippen LogP contribution is -2.22. The number of aromatic nitrogens is 2. The normalized spacial score (nSPS) is 11.7. The average molecular weight is 343 g/mol. The highest BCUT2D eigenvalue weighted by atomic mass is 16.5. The van der Waals surface area contributed by atoms with E-state index in [0.29, 0.717) is 0 Å². The van der Waals surface area contributed by atoms with Crippen molar-refractivity contribution >= 4 is 38.1 Å². The number of fused-ring (bicyclic) bond motifs is 7. The van der Waals surface area contributed by atoms with E-state index in [1.54, 1.807) is 14.2 Å². The first-order valence-corrected chi connectivity index (χ1v) is 8.61. The van der Waals surface area contributed by atoms with Gasteiger partial charge in [-0.25, -0.2) is 0 Å². The molecule has 4 heteroatoms. The van der Waals surface area contributed by atoms with Gasteiger partial charge in [-0.2, -0.15) is 4.40 Å². The molecule has 0 aliphatic carbocycles. The molecule has 26 heavy (non-hydrogen) atoms. The number of methoxy groups -OCH3 is 2. The van der Waals surface area contributed by atoms with E-state index in [4.69, 9.17) is 9.47 Å². The van der Waals surface area contributed by atoms with Crippen LogP contribution in [0.2, 0.25) is 0 Å². The Bertz CT molecular complexity index is 1320. The highest BCUT2D eigenvalue weighted by Gasteiger charge is 2.20. The summed E-state index contributed by atoms with van der Waals surface area (Å²) in [5.41, 5.74) is 4.60. The van der Waals surface area contributed by atoms with Crippen LogP contribution in [-0.2, 0) is 0 Å². The van der Waals surface area contributed by atoms with Crippen LogP contribution in [-0.4, -0.2) is 19.2 Å². The molecule has 0 unspecified atom stereocenters. The molecule has 128 valence electrons. The van der Waals surface area contributed by atoms with Crippen LogP contribution in [0.1, 0.15) is 5.56 Å². The number of H-pyrrole nitrogens is 1. The molecule has 5 aromatic rings. The lowest BCUT2D eigenvalue weighted by Gasteiger charge is -2.10. The summed E-state index contributed by atoms with van der Waals surface area (Å²) < 4.78 is 13.2. The van der Waals surface area contributed by atoms with Crippen LogP contribution >= 0.6 is 0 Å². The van der Waals surface area contributed by atoms with Crippen molar-refractivity contribution in [3.05, 3.63) is 60.4 Å². The van der Waals surface area contributed by atoms with Gasteiger partial charge in [0.25, 0.3) is 0 Å². The molecule has 0 aliphatic heterocycles. The number of aryl methyl sites for hydroxylation is 1. The zero-order chi connectivity index (χ0) is 17.8. The van der Waals surface area contributed by atoms with Crippen molar-refractivity contribution in [2.75, 3.05) is 14.2 Å². The Kier molecular flexibility index (Phi) is 3.10. The number of benzene rings is 2. The third kappa shape index (κ3) is 1.93. The van der Waals surface area contributed by atoms with Gasteiger partial charge >= 0.3 is 0 Å². The molecule has 0 radical (unpaired) electrons. The Morgan fingerprint density at radius 1 is 0.846 bits per heavy atom. The Labute approximate surface area is 150 Å². The van der Waals surface area contributed by atoms with E-state index in [-0.39, 0.29) is 0 Å². The first-order valence-electron chi connectivity index (χ1n) is 8.61. The molecule has 0 saturated heterocycles. The third-order valence-electron chi connectivity index (χ3n) is 5.18. The van der Waals surface area contributed by atoms with Crippen molar-refractivity contribution in [2.45, 2.75) is 6.92 Å². The van der Waals surface area contributed by atoms with Crippen molar-refractivity contribution < 1.29 is 13.9 Å². The lowest BCUT2D eigenvalue weighted by molar-refractivity contribution is -0.510. The molecule has 3 aromatic heterocycles. The monoisotopic (exact) mass is 343 g/mol. The number of para-hydroxylation sites is 1. The topological polar surface area (TPSA) is 38.3 Å². The summed E-state index contributed by atoms with van der Waals surface area (Å²) in [4.78, 5) is 3.61. The van der Waals surface area contributed by atoms with Gasteiger partial charge < -0.3 is 14.5 Å². The highest BCUT2D eigenvalue weighted by Crippen LogP contribution is 2.37. The van der Waals surface area contributed by atoms with Crippen molar-refractivity contribution in [1.29, 1.82) is 0 Å². The number of ether oxygens (including phenoxy) is 2. The maximum Gasteiger partial charge on any atom is 0.242 e. The van der Waals surface area contributed by atoms with Crippen LogP contribution in [0, 0.1) is 6.92 Å². The Balaban J connectivity index is 2.05. The summed E-state index contributed by atoms with van der Waals surface area (Å²) >= 11 is 0. The molecule has 5 rings (SSSR count). The number of aromatic amines is 1. The van der Waals surface area contributed by atoms with Gasteiger partial charge in [-0.1, -0.05) is 18.2 Å². The van der Waals surface area contributed by atoms with E-state index in [2.05, 4.69) is 71.2 Å². The minimum absolute atomic E-state index is 0.737. The van der Waals surface area contributed by atoms with Crippen LogP contribution < -0.4 is 13.9 Å². The van der Waals surface area contributed by atoms with Crippen molar-refractivity contribution in [2.24, 2.45) is 0 Å². The Hall–Kier alpha value is -3.27. The molecule has 0 atom stereocenters. The third-order valence-corrected chi connectivity index (χ3v) is 5.18. The molecule has 0 saturated carbocycles. The largest absolute Gasteiger partial charge is 0.493 e. The van der Waals surface area contributed by atoms with Gasteiger partial charge in [0.05, 0.1) is 19.6 Å². The first kappa shape index (κ1) is 15.0. The van der Waals surface area contributed by atoms with Gasteiger partial charge in [-0.15, -0.1) is 0 Å². The maximum atomic E-state index is 5.56. The van der Waals surface area contributed by atoms with E-state index >= 15 is 0 Å². The minimum atomic E-state index is 0.737. The summed E-state index contributed by atoms with van der Waals surface area (Å²) in [6.07, 6.45) is 4.29. The van der Waals surface area contributed by atoms with Crippen LogP contribution in [0.3, 0.4) is 0 Å². The second-order valence-corrected chi connectivity index (χ2v) is 6.60. The van der Waals surface area contributed by atoms with Gasteiger partial charge in [0.15, 0.2) is 23.9 Å². The molecule has 4 nitrogen and oxygen atoms in total. The van der Waals surface area contributed by atoms with Crippen LogP contribution in [0.5, 0.6) is 11.5 Å². The van der Waals surface area contributed by atoms with Crippen molar-refractivity contribution in [3.63, 3.8) is 0 Å². The van der Waals surface area contributed by atoms with Gasteiger partial charge in [-0.3, -0.25) is 0 Å². The highest BCUT2D eigenvalue weighted by molar-refractivity contribution is 6.16. The summed E-state index contributed by atoms with van der Waals surface area (Å²) in [6.45, 7) is 2.12. The maximum absolute atomic E-state index is 5.56. The molecule has 0 amide bonds. The minimum Gasteiger partial charge on any atom is -0.493 e. The molecular weight excluding hydrogens is 324 g/mol.